The Hall–Kier alpha value is -3.13. The second kappa shape index (κ2) is 4.86. The topological polar surface area (TPSA) is 87.6 Å². The number of hydrogen-bond donors (Lipinski definition) is 2. The van der Waals surface area contributed by atoms with Gasteiger partial charge in [-0.05, 0) is 30.3 Å². The summed E-state index contributed by atoms with van der Waals surface area (Å²) in [6.07, 6.45) is 0. The minimum Gasteiger partial charge on any atom is -0.399 e. The smallest absolute Gasteiger partial charge is 0.187 e. The zero-order valence-electron chi connectivity index (χ0n) is 10.5. The minimum atomic E-state index is 0.264. The van der Waals surface area contributed by atoms with Crippen LogP contribution in [0.25, 0.3) is 10.9 Å². The Balaban J connectivity index is 2.14. The number of aromatic nitrogens is 2. The van der Waals surface area contributed by atoms with Gasteiger partial charge in [0.1, 0.15) is 6.07 Å². The average molecular weight is 261 g/mol. The highest BCUT2D eigenvalue weighted by atomic mass is 15.1. The van der Waals surface area contributed by atoms with Gasteiger partial charge in [0.2, 0.25) is 0 Å². The predicted octanol–water partition coefficient (Wildman–Crippen LogP) is 2.83. The number of nitrogens with one attached hydrogen (secondary N) is 1. The Labute approximate surface area is 115 Å². The summed E-state index contributed by atoms with van der Waals surface area (Å²) in [6.45, 7) is 0. The Morgan fingerprint density at radius 3 is 2.50 bits per heavy atom. The maximum atomic E-state index is 9.19. The maximum Gasteiger partial charge on any atom is 0.187 e. The lowest BCUT2D eigenvalue weighted by molar-refractivity contribution is 1.05. The van der Waals surface area contributed by atoms with E-state index in [0.29, 0.717) is 11.4 Å². The molecule has 1 heterocycles. The molecule has 0 atom stereocenters. The lowest BCUT2D eigenvalue weighted by atomic mass is 10.1. The molecular weight excluding hydrogens is 250 g/mol. The van der Waals surface area contributed by atoms with Gasteiger partial charge in [0.25, 0.3) is 0 Å². The van der Waals surface area contributed by atoms with Crippen LogP contribution >= 0.6 is 0 Å². The lowest BCUT2D eigenvalue weighted by Crippen LogP contribution is -1.99. The van der Waals surface area contributed by atoms with Crippen molar-refractivity contribution in [3.05, 3.63) is 54.2 Å². The van der Waals surface area contributed by atoms with Crippen LogP contribution in [0.5, 0.6) is 0 Å². The molecule has 0 aliphatic rings. The van der Waals surface area contributed by atoms with Crippen LogP contribution in [-0.2, 0) is 0 Å². The fourth-order valence-electron chi connectivity index (χ4n) is 1.97. The van der Waals surface area contributed by atoms with E-state index in [9.17, 15) is 5.26 Å². The standard InChI is InChI=1S/C15H11N5/c16-9-14-15(18-11-7-5-10(17)6-8-11)12-3-1-2-4-13(12)19-20-14/h1-8H,17H2,(H,18,19). The monoisotopic (exact) mass is 261 g/mol. The van der Waals surface area contributed by atoms with Gasteiger partial charge in [0, 0.05) is 16.8 Å². The molecule has 0 bridgehead atoms. The molecule has 96 valence electrons. The fraction of sp³-hybridized carbons (Fsp3) is 0. The van der Waals surface area contributed by atoms with Crippen LogP contribution in [0.4, 0.5) is 17.1 Å². The first-order valence-electron chi connectivity index (χ1n) is 6.06. The van der Waals surface area contributed by atoms with E-state index in [1.807, 2.05) is 36.4 Å². The van der Waals surface area contributed by atoms with Crippen molar-refractivity contribution in [2.24, 2.45) is 0 Å². The quantitative estimate of drug-likeness (QED) is 0.692. The normalized spacial score (nSPS) is 10.2. The molecule has 0 amide bonds. The third-order valence-electron chi connectivity index (χ3n) is 2.95. The highest BCUT2D eigenvalue weighted by Gasteiger charge is 2.10. The number of nitrogen functional groups attached to an aromatic ring is 1. The maximum absolute atomic E-state index is 9.19. The highest BCUT2D eigenvalue weighted by molar-refractivity contribution is 5.94. The van der Waals surface area contributed by atoms with Crippen molar-refractivity contribution in [2.45, 2.75) is 0 Å². The SMILES string of the molecule is N#Cc1nnc2ccccc2c1Nc1ccc(N)cc1. The van der Waals surface area contributed by atoms with E-state index >= 15 is 0 Å². The number of nitriles is 1. The van der Waals surface area contributed by atoms with Gasteiger partial charge in [0.05, 0.1) is 11.2 Å². The fourth-order valence-corrected chi connectivity index (χ4v) is 1.97. The molecule has 20 heavy (non-hydrogen) atoms. The largest absolute Gasteiger partial charge is 0.399 e. The van der Waals surface area contributed by atoms with Crippen LogP contribution in [0, 0.1) is 11.3 Å². The van der Waals surface area contributed by atoms with E-state index < -0.39 is 0 Å². The van der Waals surface area contributed by atoms with Gasteiger partial charge >= 0.3 is 0 Å². The Kier molecular flexibility index (Phi) is 2.90. The summed E-state index contributed by atoms with van der Waals surface area (Å²) in [5, 5.41) is 21.2. The number of nitrogens with zero attached hydrogens (tertiary/aromatic N) is 3. The second-order valence-electron chi connectivity index (χ2n) is 4.30. The van der Waals surface area contributed by atoms with Crippen molar-refractivity contribution in [2.75, 3.05) is 11.1 Å². The Morgan fingerprint density at radius 2 is 1.75 bits per heavy atom. The first-order chi connectivity index (χ1) is 9.78. The molecule has 2 aromatic carbocycles. The van der Waals surface area contributed by atoms with Gasteiger partial charge in [0.15, 0.2) is 5.69 Å². The van der Waals surface area contributed by atoms with Crippen LogP contribution in [0.2, 0.25) is 0 Å². The molecule has 0 radical (unpaired) electrons. The van der Waals surface area contributed by atoms with Crippen molar-refractivity contribution >= 4 is 28.0 Å². The van der Waals surface area contributed by atoms with Crippen LogP contribution in [0.1, 0.15) is 5.69 Å². The van der Waals surface area contributed by atoms with Crippen LogP contribution < -0.4 is 11.1 Å². The molecule has 0 aliphatic heterocycles. The lowest BCUT2D eigenvalue weighted by Gasteiger charge is -2.10. The molecule has 0 saturated carbocycles. The first-order valence-corrected chi connectivity index (χ1v) is 6.06. The van der Waals surface area contributed by atoms with Gasteiger partial charge in [-0.1, -0.05) is 18.2 Å². The van der Waals surface area contributed by atoms with Crippen LogP contribution in [-0.4, -0.2) is 10.2 Å². The van der Waals surface area contributed by atoms with Gasteiger partial charge in [-0.3, -0.25) is 0 Å². The Morgan fingerprint density at radius 1 is 1.00 bits per heavy atom. The second-order valence-corrected chi connectivity index (χ2v) is 4.30. The van der Waals surface area contributed by atoms with Crippen LogP contribution in [0.15, 0.2) is 48.5 Å². The van der Waals surface area contributed by atoms with Gasteiger partial charge in [-0.15, -0.1) is 10.2 Å². The molecule has 0 spiro atoms. The predicted molar refractivity (Wildman–Crippen MR) is 78.4 cm³/mol. The van der Waals surface area contributed by atoms with Gasteiger partial charge in [-0.2, -0.15) is 5.26 Å². The molecule has 0 aliphatic carbocycles. The molecule has 5 nitrogen and oxygen atoms in total. The molecule has 1 aromatic heterocycles. The molecular formula is C15H11N5. The molecule has 3 N–H and O–H groups in total. The number of anilines is 3. The zero-order chi connectivity index (χ0) is 13.9. The third kappa shape index (κ3) is 2.10. The molecule has 0 unspecified atom stereocenters. The molecule has 0 fully saturated rings. The summed E-state index contributed by atoms with van der Waals surface area (Å²) >= 11 is 0. The Bertz CT molecular complexity index is 803. The number of fused-ring (bicyclic) bond motifs is 1. The zero-order valence-corrected chi connectivity index (χ0v) is 10.5. The summed E-state index contributed by atoms with van der Waals surface area (Å²) in [6, 6.07) is 16.9. The molecule has 3 rings (SSSR count). The van der Waals surface area contributed by atoms with Crippen molar-refractivity contribution in [1.29, 1.82) is 5.26 Å². The summed E-state index contributed by atoms with van der Waals surface area (Å²) in [7, 11) is 0. The summed E-state index contributed by atoms with van der Waals surface area (Å²) in [5.74, 6) is 0. The van der Waals surface area contributed by atoms with Crippen molar-refractivity contribution in [3.8, 4) is 6.07 Å². The summed E-state index contributed by atoms with van der Waals surface area (Å²) in [5.41, 5.74) is 8.85. The van der Waals surface area contributed by atoms with E-state index in [4.69, 9.17) is 5.73 Å². The first kappa shape index (κ1) is 11.9. The van der Waals surface area contributed by atoms with Gasteiger partial charge < -0.3 is 11.1 Å². The van der Waals surface area contributed by atoms with Gasteiger partial charge in [-0.25, -0.2) is 0 Å². The highest BCUT2D eigenvalue weighted by Crippen LogP contribution is 2.27. The van der Waals surface area contributed by atoms with E-state index in [-0.39, 0.29) is 5.69 Å². The molecule has 5 heteroatoms. The average Bonchev–Trinajstić information content (AvgIpc) is 2.50. The summed E-state index contributed by atoms with van der Waals surface area (Å²) in [4.78, 5) is 0. The number of hydrogen-bond acceptors (Lipinski definition) is 5. The number of nitrogens with two attached hydrogens (primary N) is 1. The summed E-state index contributed by atoms with van der Waals surface area (Å²) < 4.78 is 0. The minimum absolute atomic E-state index is 0.264. The van der Waals surface area contributed by atoms with E-state index in [1.54, 1.807) is 12.1 Å². The van der Waals surface area contributed by atoms with Crippen LogP contribution in [0.3, 0.4) is 0 Å². The van der Waals surface area contributed by atoms with E-state index in [1.165, 1.54) is 0 Å². The number of rotatable bonds is 2. The molecule has 3 aromatic rings. The van der Waals surface area contributed by atoms with Crippen molar-refractivity contribution in [3.63, 3.8) is 0 Å². The third-order valence-corrected chi connectivity index (χ3v) is 2.95. The van der Waals surface area contributed by atoms with Crippen molar-refractivity contribution < 1.29 is 0 Å². The number of benzene rings is 2. The van der Waals surface area contributed by atoms with E-state index in [0.717, 1.165) is 16.6 Å². The van der Waals surface area contributed by atoms with E-state index in [2.05, 4.69) is 21.6 Å². The molecule has 0 saturated heterocycles. The van der Waals surface area contributed by atoms with Crippen molar-refractivity contribution in [1.82, 2.24) is 10.2 Å².